The summed E-state index contributed by atoms with van der Waals surface area (Å²) in [6, 6.07) is 29.3. The van der Waals surface area contributed by atoms with Gasteiger partial charge in [0.15, 0.2) is 0 Å². The van der Waals surface area contributed by atoms with Gasteiger partial charge in [-0.1, -0.05) is 0 Å². The van der Waals surface area contributed by atoms with Gasteiger partial charge in [0.2, 0.25) is 0 Å². The van der Waals surface area contributed by atoms with Crippen LogP contribution >= 0.6 is 0 Å². The molecule has 0 atom stereocenters. The van der Waals surface area contributed by atoms with E-state index in [9.17, 15) is 0 Å². The Labute approximate surface area is 156 Å². The number of rotatable bonds is 1. The Morgan fingerprint density at radius 3 is 1.44 bits per heavy atom. The summed E-state index contributed by atoms with van der Waals surface area (Å²) in [5.74, 6) is 2.52. The molecule has 1 spiro atoms. The van der Waals surface area contributed by atoms with Crippen LogP contribution in [0.15, 0.2) is 91.0 Å². The van der Waals surface area contributed by atoms with Crippen molar-refractivity contribution in [3.05, 3.63) is 91.0 Å². The summed E-state index contributed by atoms with van der Waals surface area (Å²) in [6.45, 7) is 0. The van der Waals surface area contributed by atoms with Crippen molar-refractivity contribution in [2.75, 3.05) is 0 Å². The molecule has 6 rings (SSSR count). The third-order valence-corrected chi connectivity index (χ3v) is 8.68. The molecule has 0 amide bonds. The van der Waals surface area contributed by atoms with Crippen molar-refractivity contribution in [1.82, 2.24) is 0 Å². The first-order valence-electron chi connectivity index (χ1n) is 8.86. The molecule has 4 nitrogen and oxygen atoms in total. The van der Waals surface area contributed by atoms with Crippen molar-refractivity contribution in [3.8, 4) is 23.0 Å². The molecule has 0 aromatic heterocycles. The molecule has 2 aliphatic rings. The summed E-state index contributed by atoms with van der Waals surface area (Å²) >= 11 is 0. The summed E-state index contributed by atoms with van der Waals surface area (Å²) in [7, 11) is -4.50. The monoisotopic (exact) mass is 371 g/mol. The molecule has 0 fully saturated rings. The van der Waals surface area contributed by atoms with Crippen LogP contribution in [0.25, 0.3) is 10.8 Å². The number of hydrogen-bond acceptors (Lipinski definition) is 4. The van der Waals surface area contributed by atoms with E-state index in [4.69, 9.17) is 17.7 Å². The first kappa shape index (κ1) is 14.7. The third kappa shape index (κ3) is 1.86. The van der Waals surface area contributed by atoms with E-state index < -0.39 is 8.33 Å². The molecule has 5 heteroatoms. The summed E-state index contributed by atoms with van der Waals surface area (Å²) in [5.41, 5.74) is 0. The van der Waals surface area contributed by atoms with Gasteiger partial charge in [-0.2, -0.15) is 0 Å². The van der Waals surface area contributed by atoms with Crippen LogP contribution in [-0.2, 0) is 0 Å². The zero-order valence-electron chi connectivity index (χ0n) is 14.3. The van der Waals surface area contributed by atoms with E-state index in [1.54, 1.807) is 0 Å². The molecule has 2 heterocycles. The molecule has 0 aliphatic carbocycles. The Hall–Kier alpha value is -3.44. The fourth-order valence-electron chi connectivity index (χ4n) is 3.92. The van der Waals surface area contributed by atoms with Gasteiger partial charge in [0.1, 0.15) is 0 Å². The van der Waals surface area contributed by atoms with Gasteiger partial charge in [-0.3, -0.25) is 0 Å². The molecular weight excluding hydrogens is 356 g/mol. The summed E-state index contributed by atoms with van der Waals surface area (Å²) in [6.07, 6.45) is 0. The Morgan fingerprint density at radius 1 is 0.444 bits per heavy atom. The van der Waals surface area contributed by atoms with E-state index in [1.807, 2.05) is 78.9 Å². The van der Waals surface area contributed by atoms with Crippen LogP contribution in [0.1, 0.15) is 0 Å². The molecule has 0 bridgehead atoms. The number of hydrogen-bond donors (Lipinski definition) is 0. The maximum absolute atomic E-state index is 6.51. The first-order chi connectivity index (χ1) is 13.3. The second-order valence-electron chi connectivity index (χ2n) is 6.74. The van der Waals surface area contributed by atoms with Crippen LogP contribution in [0.5, 0.6) is 23.0 Å². The Bertz CT molecular complexity index is 1100. The fraction of sp³-hybridized carbons (Fsp3) is 0. The number of para-hydroxylation sites is 4. The van der Waals surface area contributed by atoms with Crippen LogP contribution in [0.3, 0.4) is 0 Å². The van der Waals surface area contributed by atoms with Gasteiger partial charge in [-0.05, 0) is 0 Å². The van der Waals surface area contributed by atoms with Crippen LogP contribution in [0.4, 0.5) is 0 Å². The zero-order chi connectivity index (χ0) is 17.9. The second-order valence-corrected chi connectivity index (χ2v) is 9.91. The van der Waals surface area contributed by atoms with Gasteiger partial charge in [0.25, 0.3) is 0 Å². The van der Waals surface area contributed by atoms with E-state index in [0.717, 1.165) is 16.0 Å². The third-order valence-electron chi connectivity index (χ3n) is 5.07. The van der Waals surface area contributed by atoms with Crippen LogP contribution < -0.4 is 22.9 Å². The molecule has 0 unspecified atom stereocenters. The Balaban J connectivity index is 1.68. The number of benzene rings is 4. The SMILES string of the molecule is c1ccc2c(c1)O[Si-]1(c3cccc4ccccc34)(O2)Oc2ccccc2O1. The summed E-state index contributed by atoms with van der Waals surface area (Å²) in [4.78, 5) is 0. The van der Waals surface area contributed by atoms with Gasteiger partial charge in [-0.25, -0.2) is 0 Å². The van der Waals surface area contributed by atoms with E-state index in [0.29, 0.717) is 23.0 Å². The molecule has 2 aliphatic heterocycles. The standard InChI is InChI=1S/C22H15O4Si/c1-2-10-17-16(8-1)9-7-15-22(17)27(23-18-11-3-4-12-19(18)24-27)25-20-13-5-6-14-21(20)26-27/h1-15H/q-1. The van der Waals surface area contributed by atoms with Crippen LogP contribution in [0, 0.1) is 0 Å². The maximum atomic E-state index is 6.51. The molecular formula is C22H15O4Si-. The minimum atomic E-state index is -4.50. The molecule has 4 aromatic carbocycles. The molecule has 132 valence electrons. The average molecular weight is 371 g/mol. The van der Waals surface area contributed by atoms with Gasteiger partial charge < -0.3 is 0 Å². The summed E-state index contributed by atoms with van der Waals surface area (Å²) in [5, 5.41) is 2.88. The summed E-state index contributed by atoms with van der Waals surface area (Å²) < 4.78 is 26.0. The Morgan fingerprint density at radius 2 is 0.889 bits per heavy atom. The van der Waals surface area contributed by atoms with Gasteiger partial charge in [0.05, 0.1) is 0 Å². The van der Waals surface area contributed by atoms with E-state index in [2.05, 4.69) is 12.1 Å². The molecule has 0 radical (unpaired) electrons. The molecule has 0 saturated carbocycles. The van der Waals surface area contributed by atoms with Gasteiger partial charge >= 0.3 is 156 Å². The quantitative estimate of drug-likeness (QED) is 0.465. The Kier molecular flexibility index (Phi) is 2.63. The van der Waals surface area contributed by atoms with E-state index in [-0.39, 0.29) is 0 Å². The zero-order valence-corrected chi connectivity index (χ0v) is 15.3. The van der Waals surface area contributed by atoms with E-state index in [1.165, 1.54) is 0 Å². The molecule has 0 N–H and O–H groups in total. The molecule has 27 heavy (non-hydrogen) atoms. The van der Waals surface area contributed by atoms with Crippen molar-refractivity contribution in [2.24, 2.45) is 0 Å². The fourth-order valence-corrected chi connectivity index (χ4v) is 7.84. The average Bonchev–Trinajstić information content (AvgIpc) is 3.22. The van der Waals surface area contributed by atoms with Crippen molar-refractivity contribution < 1.29 is 17.7 Å². The van der Waals surface area contributed by atoms with Crippen molar-refractivity contribution in [1.29, 1.82) is 0 Å². The van der Waals surface area contributed by atoms with Crippen LogP contribution in [0.2, 0.25) is 0 Å². The normalized spacial score (nSPS) is 18.9. The molecule has 4 aromatic rings. The van der Waals surface area contributed by atoms with E-state index >= 15 is 0 Å². The van der Waals surface area contributed by atoms with Crippen molar-refractivity contribution >= 4 is 24.3 Å². The van der Waals surface area contributed by atoms with Crippen molar-refractivity contribution in [3.63, 3.8) is 0 Å². The number of fused-ring (bicyclic) bond motifs is 3. The van der Waals surface area contributed by atoms with Crippen LogP contribution in [-0.4, -0.2) is 8.33 Å². The molecule has 0 saturated heterocycles. The first-order valence-corrected chi connectivity index (χ1v) is 11.0. The predicted molar refractivity (Wildman–Crippen MR) is 105 cm³/mol. The van der Waals surface area contributed by atoms with Gasteiger partial charge in [0, 0.05) is 0 Å². The predicted octanol–water partition coefficient (Wildman–Crippen LogP) is 4.38. The topological polar surface area (TPSA) is 36.9 Å². The minimum absolute atomic E-state index is 0.631. The van der Waals surface area contributed by atoms with Crippen molar-refractivity contribution in [2.45, 2.75) is 0 Å². The second kappa shape index (κ2) is 4.84. The van der Waals surface area contributed by atoms with Gasteiger partial charge in [-0.15, -0.1) is 0 Å².